The molecule has 0 N–H and O–H groups in total. The van der Waals surface area contributed by atoms with Crippen LogP contribution in [0.5, 0.6) is 5.75 Å². The van der Waals surface area contributed by atoms with Crippen LogP contribution in [0.3, 0.4) is 0 Å². The van der Waals surface area contributed by atoms with Crippen molar-refractivity contribution >= 4 is 5.91 Å². The fourth-order valence-electron chi connectivity index (χ4n) is 2.88. The van der Waals surface area contributed by atoms with Crippen LogP contribution >= 0.6 is 0 Å². The van der Waals surface area contributed by atoms with Gasteiger partial charge in [-0.2, -0.15) is 4.80 Å². The second-order valence-electron chi connectivity index (χ2n) is 6.32. The van der Waals surface area contributed by atoms with Gasteiger partial charge in [0, 0.05) is 18.7 Å². The van der Waals surface area contributed by atoms with E-state index in [2.05, 4.69) is 22.0 Å². The summed E-state index contributed by atoms with van der Waals surface area (Å²) in [7, 11) is 0. The predicted molar refractivity (Wildman–Crippen MR) is 95.5 cm³/mol. The molecule has 1 aliphatic rings. The van der Waals surface area contributed by atoms with Gasteiger partial charge in [-0.1, -0.05) is 12.7 Å². The summed E-state index contributed by atoms with van der Waals surface area (Å²) in [4.78, 5) is 15.6. The number of rotatable bonds is 6. The summed E-state index contributed by atoms with van der Waals surface area (Å²) in [6.07, 6.45) is 1.75. The van der Waals surface area contributed by atoms with Crippen molar-refractivity contribution in [1.82, 2.24) is 25.1 Å². The highest BCUT2D eigenvalue weighted by Crippen LogP contribution is 2.19. The monoisotopic (exact) mass is 357 g/mol. The molecule has 138 valence electrons. The maximum absolute atomic E-state index is 12.5. The lowest BCUT2D eigenvalue weighted by Crippen LogP contribution is -2.49. The van der Waals surface area contributed by atoms with Crippen LogP contribution in [0.4, 0.5) is 0 Å². The van der Waals surface area contributed by atoms with Crippen molar-refractivity contribution in [3.05, 3.63) is 36.9 Å². The zero-order valence-electron chi connectivity index (χ0n) is 15.0. The number of ether oxygens (including phenoxy) is 2. The summed E-state index contributed by atoms with van der Waals surface area (Å²) < 4.78 is 11.1. The number of benzene rings is 1. The Morgan fingerprint density at radius 1 is 1.31 bits per heavy atom. The molecule has 2 atom stereocenters. The molecular formula is C18H23N5O3. The van der Waals surface area contributed by atoms with Gasteiger partial charge in [0.2, 0.25) is 11.7 Å². The first kappa shape index (κ1) is 18.1. The third-order valence-electron chi connectivity index (χ3n) is 3.98. The fraction of sp³-hybridized carbons (Fsp3) is 0.444. The minimum absolute atomic E-state index is 0.0313. The van der Waals surface area contributed by atoms with Crippen LogP contribution in [0, 0.1) is 0 Å². The second-order valence-corrected chi connectivity index (χ2v) is 6.32. The molecule has 1 saturated heterocycles. The second kappa shape index (κ2) is 8.09. The number of morpholine rings is 1. The number of hydrogen-bond donors (Lipinski definition) is 0. The number of hydrogen-bond acceptors (Lipinski definition) is 6. The van der Waals surface area contributed by atoms with Crippen molar-refractivity contribution in [3.63, 3.8) is 0 Å². The van der Waals surface area contributed by atoms with Gasteiger partial charge in [0.15, 0.2) is 0 Å². The molecule has 0 aliphatic carbocycles. The highest BCUT2D eigenvalue weighted by atomic mass is 16.5. The van der Waals surface area contributed by atoms with Crippen LogP contribution < -0.4 is 4.74 Å². The van der Waals surface area contributed by atoms with E-state index in [-0.39, 0.29) is 24.7 Å². The van der Waals surface area contributed by atoms with E-state index in [9.17, 15) is 4.79 Å². The normalized spacial score (nSPS) is 20.0. The van der Waals surface area contributed by atoms with Gasteiger partial charge >= 0.3 is 0 Å². The highest BCUT2D eigenvalue weighted by Gasteiger charge is 2.26. The highest BCUT2D eigenvalue weighted by molar-refractivity contribution is 5.76. The summed E-state index contributed by atoms with van der Waals surface area (Å²) in [5.41, 5.74) is 0.809. The van der Waals surface area contributed by atoms with Crippen molar-refractivity contribution in [1.29, 1.82) is 0 Å². The fourth-order valence-corrected chi connectivity index (χ4v) is 2.88. The van der Waals surface area contributed by atoms with E-state index in [4.69, 9.17) is 9.47 Å². The Labute approximate surface area is 152 Å². The van der Waals surface area contributed by atoms with Gasteiger partial charge in [-0.25, -0.2) is 0 Å². The van der Waals surface area contributed by atoms with Crippen molar-refractivity contribution in [2.75, 3.05) is 19.7 Å². The predicted octanol–water partition coefficient (Wildman–Crippen LogP) is 1.54. The van der Waals surface area contributed by atoms with Crippen molar-refractivity contribution in [3.8, 4) is 17.1 Å². The minimum atomic E-state index is -0.0378. The van der Waals surface area contributed by atoms with Crippen LogP contribution in [-0.2, 0) is 16.1 Å². The van der Waals surface area contributed by atoms with Crippen LogP contribution in [0.1, 0.15) is 13.8 Å². The first-order valence-electron chi connectivity index (χ1n) is 8.60. The van der Waals surface area contributed by atoms with E-state index in [1.165, 1.54) is 4.80 Å². The summed E-state index contributed by atoms with van der Waals surface area (Å²) in [5.74, 6) is 1.17. The van der Waals surface area contributed by atoms with E-state index in [1.807, 2.05) is 38.1 Å². The molecule has 0 spiro atoms. The molecular weight excluding hydrogens is 334 g/mol. The van der Waals surface area contributed by atoms with Crippen LogP contribution in [-0.4, -0.2) is 62.9 Å². The number of nitrogens with zero attached hydrogens (tertiary/aromatic N) is 5. The molecule has 3 rings (SSSR count). The number of amides is 1. The minimum Gasteiger partial charge on any atom is -0.490 e. The Morgan fingerprint density at radius 2 is 2.00 bits per heavy atom. The third-order valence-corrected chi connectivity index (χ3v) is 3.98. The largest absolute Gasteiger partial charge is 0.490 e. The SMILES string of the molecule is C=CCOc1ccc(-c2nnn(CC(=O)N3C[C@@H](C)O[C@H](C)C3)n2)cc1. The lowest BCUT2D eigenvalue weighted by Gasteiger charge is -2.35. The molecule has 1 amide bonds. The van der Waals surface area contributed by atoms with Crippen LogP contribution in [0.15, 0.2) is 36.9 Å². The van der Waals surface area contributed by atoms with Crippen molar-refractivity contribution in [2.24, 2.45) is 0 Å². The summed E-state index contributed by atoms with van der Waals surface area (Å²) in [6.45, 7) is 9.22. The van der Waals surface area contributed by atoms with Gasteiger partial charge in [-0.15, -0.1) is 10.2 Å². The first-order chi connectivity index (χ1) is 12.5. The van der Waals surface area contributed by atoms with E-state index in [1.54, 1.807) is 11.0 Å². The van der Waals surface area contributed by atoms with Crippen LogP contribution in [0.25, 0.3) is 11.4 Å². The quantitative estimate of drug-likeness (QED) is 0.730. The topological polar surface area (TPSA) is 82.4 Å². The first-order valence-corrected chi connectivity index (χ1v) is 8.60. The van der Waals surface area contributed by atoms with Crippen molar-refractivity contribution in [2.45, 2.75) is 32.6 Å². The van der Waals surface area contributed by atoms with E-state index in [0.717, 1.165) is 11.3 Å². The molecule has 2 aromatic rings. The van der Waals surface area contributed by atoms with Gasteiger partial charge in [-0.3, -0.25) is 4.79 Å². The smallest absolute Gasteiger partial charge is 0.246 e. The summed E-state index contributed by atoms with van der Waals surface area (Å²) in [5, 5.41) is 12.3. The molecule has 8 heteroatoms. The molecule has 0 bridgehead atoms. The number of carbonyl (C=O) groups excluding carboxylic acids is 1. The molecule has 8 nitrogen and oxygen atoms in total. The van der Waals surface area contributed by atoms with E-state index < -0.39 is 0 Å². The molecule has 1 aliphatic heterocycles. The maximum atomic E-state index is 12.5. The Kier molecular flexibility index (Phi) is 5.62. The third kappa shape index (κ3) is 4.45. The maximum Gasteiger partial charge on any atom is 0.246 e. The van der Waals surface area contributed by atoms with Crippen molar-refractivity contribution < 1.29 is 14.3 Å². The van der Waals surface area contributed by atoms with E-state index in [0.29, 0.717) is 25.5 Å². The standard InChI is InChI=1S/C18H23N5O3/c1-4-9-25-16-7-5-15(6-8-16)18-19-21-23(20-18)12-17(24)22-10-13(2)26-14(3)11-22/h4-8,13-14H,1,9-12H2,2-3H3/t13-,14-/m1/s1. The number of carbonyl (C=O) groups is 1. The van der Waals surface area contributed by atoms with Gasteiger partial charge in [0.05, 0.1) is 12.2 Å². The van der Waals surface area contributed by atoms with Gasteiger partial charge in [-0.05, 0) is 43.3 Å². The molecule has 2 heterocycles. The van der Waals surface area contributed by atoms with Gasteiger partial charge < -0.3 is 14.4 Å². The average Bonchev–Trinajstić information content (AvgIpc) is 3.08. The Morgan fingerprint density at radius 3 is 2.65 bits per heavy atom. The Hall–Kier alpha value is -2.74. The molecule has 1 aromatic heterocycles. The molecule has 1 fully saturated rings. The summed E-state index contributed by atoms with van der Waals surface area (Å²) in [6, 6.07) is 7.38. The molecule has 26 heavy (non-hydrogen) atoms. The lowest BCUT2D eigenvalue weighted by atomic mass is 10.2. The average molecular weight is 357 g/mol. The van der Waals surface area contributed by atoms with Crippen LogP contribution in [0.2, 0.25) is 0 Å². The molecule has 1 aromatic carbocycles. The van der Waals surface area contributed by atoms with Gasteiger partial charge in [0.1, 0.15) is 18.9 Å². The number of tetrazole rings is 1. The zero-order valence-corrected chi connectivity index (χ0v) is 15.0. The Balaban J connectivity index is 1.62. The molecule has 0 saturated carbocycles. The molecule has 0 unspecified atom stereocenters. The molecule has 0 radical (unpaired) electrons. The van der Waals surface area contributed by atoms with Gasteiger partial charge in [0.25, 0.3) is 0 Å². The zero-order chi connectivity index (χ0) is 18.5. The van der Waals surface area contributed by atoms with E-state index >= 15 is 0 Å². The number of aromatic nitrogens is 4. The lowest BCUT2D eigenvalue weighted by molar-refractivity contribution is -0.144. The summed E-state index contributed by atoms with van der Waals surface area (Å²) >= 11 is 0. The Bertz CT molecular complexity index is 748.